The fourth-order valence-electron chi connectivity index (χ4n) is 2.00. The number of nitrogens with one attached hydrogen (secondary N) is 2. The van der Waals surface area contributed by atoms with Crippen LogP contribution in [0.15, 0.2) is 28.7 Å². The Labute approximate surface area is 126 Å². The van der Waals surface area contributed by atoms with Gasteiger partial charge in [-0.25, -0.2) is 15.8 Å². The fraction of sp³-hybridized carbons (Fsp3) is 0.286. The average molecular weight is 334 g/mol. The van der Waals surface area contributed by atoms with Crippen molar-refractivity contribution in [3.63, 3.8) is 0 Å². The quantitative estimate of drug-likeness (QED) is 0.590. The molecule has 104 valence electrons. The number of aromatic nitrogens is 2. The molecule has 1 fully saturated rings. The van der Waals surface area contributed by atoms with Crippen LogP contribution >= 0.6 is 15.9 Å². The average Bonchev–Trinajstić information content (AvgIpc) is 3.27. The van der Waals surface area contributed by atoms with Crippen molar-refractivity contribution in [1.82, 2.24) is 9.97 Å². The lowest BCUT2D eigenvalue weighted by Gasteiger charge is -2.11. The Bertz CT molecular complexity index is 639. The van der Waals surface area contributed by atoms with E-state index in [4.69, 9.17) is 5.84 Å². The first-order valence-corrected chi connectivity index (χ1v) is 7.34. The van der Waals surface area contributed by atoms with Crippen LogP contribution < -0.4 is 16.6 Å². The predicted molar refractivity (Wildman–Crippen MR) is 84.0 cm³/mol. The van der Waals surface area contributed by atoms with Crippen molar-refractivity contribution < 1.29 is 0 Å². The number of nitrogens with zero attached hydrogens (tertiary/aromatic N) is 2. The van der Waals surface area contributed by atoms with E-state index in [2.05, 4.69) is 55.7 Å². The van der Waals surface area contributed by atoms with Crippen molar-refractivity contribution in [3.8, 4) is 0 Å². The van der Waals surface area contributed by atoms with Crippen molar-refractivity contribution in [2.45, 2.75) is 25.7 Å². The summed E-state index contributed by atoms with van der Waals surface area (Å²) in [5.74, 6) is 8.19. The normalized spacial score (nSPS) is 14.2. The van der Waals surface area contributed by atoms with E-state index in [1.807, 2.05) is 6.07 Å². The van der Waals surface area contributed by atoms with E-state index >= 15 is 0 Å². The third-order valence-corrected chi connectivity index (χ3v) is 3.91. The van der Waals surface area contributed by atoms with Crippen LogP contribution in [-0.2, 0) is 0 Å². The maximum atomic E-state index is 5.48. The molecule has 0 unspecified atom stereocenters. The van der Waals surface area contributed by atoms with Crippen molar-refractivity contribution in [3.05, 3.63) is 40.1 Å². The number of nitrogens with two attached hydrogens (primary N) is 1. The Morgan fingerprint density at radius 3 is 2.65 bits per heavy atom. The van der Waals surface area contributed by atoms with Gasteiger partial charge < -0.3 is 10.7 Å². The van der Waals surface area contributed by atoms with Crippen LogP contribution in [0.3, 0.4) is 0 Å². The Morgan fingerprint density at radius 1 is 1.20 bits per heavy atom. The van der Waals surface area contributed by atoms with Crippen LogP contribution in [0.2, 0.25) is 0 Å². The highest BCUT2D eigenvalue weighted by Crippen LogP contribution is 2.39. The van der Waals surface area contributed by atoms with Gasteiger partial charge in [0.25, 0.3) is 0 Å². The van der Waals surface area contributed by atoms with Gasteiger partial charge in [-0.15, -0.1) is 0 Å². The SMILES string of the molecule is Cc1ccc(Br)c(Nc2cc(NN)nc(C3CC3)n2)c1. The van der Waals surface area contributed by atoms with Crippen LogP contribution in [-0.4, -0.2) is 9.97 Å². The van der Waals surface area contributed by atoms with Crippen molar-refractivity contribution in [1.29, 1.82) is 0 Å². The zero-order valence-electron chi connectivity index (χ0n) is 11.2. The van der Waals surface area contributed by atoms with Gasteiger partial charge in [0.05, 0.1) is 5.69 Å². The van der Waals surface area contributed by atoms with Gasteiger partial charge in [0.2, 0.25) is 0 Å². The van der Waals surface area contributed by atoms with Gasteiger partial charge in [0, 0.05) is 16.5 Å². The summed E-state index contributed by atoms with van der Waals surface area (Å²) in [5, 5.41) is 3.32. The summed E-state index contributed by atoms with van der Waals surface area (Å²) in [6.45, 7) is 2.06. The summed E-state index contributed by atoms with van der Waals surface area (Å²) in [6, 6.07) is 7.94. The van der Waals surface area contributed by atoms with E-state index < -0.39 is 0 Å². The monoisotopic (exact) mass is 333 g/mol. The summed E-state index contributed by atoms with van der Waals surface area (Å²) in [5.41, 5.74) is 4.76. The molecule has 0 aliphatic heterocycles. The van der Waals surface area contributed by atoms with Crippen molar-refractivity contribution >= 4 is 33.3 Å². The number of anilines is 3. The number of nitrogen functional groups attached to an aromatic ring is 1. The van der Waals surface area contributed by atoms with Crippen LogP contribution in [0, 0.1) is 6.92 Å². The number of hydrogen-bond donors (Lipinski definition) is 3. The topological polar surface area (TPSA) is 75.9 Å². The molecule has 2 aromatic rings. The molecular formula is C14H16BrN5. The highest BCUT2D eigenvalue weighted by Gasteiger charge is 2.27. The molecule has 0 spiro atoms. The van der Waals surface area contributed by atoms with Gasteiger partial charge in [0.1, 0.15) is 17.5 Å². The molecule has 6 heteroatoms. The third kappa shape index (κ3) is 2.91. The maximum Gasteiger partial charge on any atom is 0.145 e. The number of halogens is 1. The molecule has 4 N–H and O–H groups in total. The van der Waals surface area contributed by atoms with E-state index in [0.717, 1.165) is 34.6 Å². The van der Waals surface area contributed by atoms with Gasteiger partial charge in [-0.3, -0.25) is 0 Å². The molecule has 1 heterocycles. The lowest BCUT2D eigenvalue weighted by atomic mass is 10.2. The van der Waals surface area contributed by atoms with Crippen molar-refractivity contribution in [2.75, 3.05) is 10.7 Å². The molecule has 0 bridgehead atoms. The molecule has 1 aromatic carbocycles. The van der Waals surface area contributed by atoms with Gasteiger partial charge in [-0.2, -0.15) is 0 Å². The van der Waals surface area contributed by atoms with Crippen LogP contribution in [0.1, 0.15) is 30.1 Å². The smallest absolute Gasteiger partial charge is 0.145 e. The number of benzene rings is 1. The summed E-state index contributed by atoms with van der Waals surface area (Å²) in [6.07, 6.45) is 2.31. The minimum absolute atomic E-state index is 0.477. The molecule has 0 saturated heterocycles. The first kappa shape index (κ1) is 13.3. The minimum atomic E-state index is 0.477. The predicted octanol–water partition coefficient (Wildman–Crippen LogP) is 3.45. The largest absolute Gasteiger partial charge is 0.339 e. The van der Waals surface area contributed by atoms with Gasteiger partial charge >= 0.3 is 0 Å². The molecule has 1 saturated carbocycles. The maximum absolute atomic E-state index is 5.48. The fourth-order valence-corrected chi connectivity index (χ4v) is 2.35. The molecular weight excluding hydrogens is 318 g/mol. The second-order valence-corrected chi connectivity index (χ2v) is 5.88. The molecule has 3 rings (SSSR count). The molecule has 0 radical (unpaired) electrons. The minimum Gasteiger partial charge on any atom is -0.339 e. The lowest BCUT2D eigenvalue weighted by Crippen LogP contribution is -2.11. The molecule has 0 amide bonds. The Hall–Kier alpha value is -1.66. The zero-order valence-corrected chi connectivity index (χ0v) is 12.7. The van der Waals surface area contributed by atoms with Crippen LogP contribution in [0.5, 0.6) is 0 Å². The van der Waals surface area contributed by atoms with E-state index in [-0.39, 0.29) is 0 Å². The van der Waals surface area contributed by atoms with Gasteiger partial charge in [-0.1, -0.05) is 6.07 Å². The Kier molecular flexibility index (Phi) is 3.58. The Morgan fingerprint density at radius 2 is 1.95 bits per heavy atom. The molecule has 1 aliphatic rings. The van der Waals surface area contributed by atoms with Gasteiger partial charge in [0.15, 0.2) is 0 Å². The number of hydrazine groups is 1. The second-order valence-electron chi connectivity index (χ2n) is 5.02. The molecule has 0 atom stereocenters. The van der Waals surface area contributed by atoms with E-state index in [1.165, 1.54) is 5.56 Å². The number of aryl methyl sites for hydroxylation is 1. The molecule has 1 aliphatic carbocycles. The first-order valence-electron chi connectivity index (χ1n) is 6.54. The first-order chi connectivity index (χ1) is 9.65. The second kappa shape index (κ2) is 5.38. The summed E-state index contributed by atoms with van der Waals surface area (Å²) in [7, 11) is 0. The molecule has 5 nitrogen and oxygen atoms in total. The van der Waals surface area contributed by atoms with E-state index in [0.29, 0.717) is 11.7 Å². The Balaban J connectivity index is 1.93. The van der Waals surface area contributed by atoms with Crippen LogP contribution in [0.4, 0.5) is 17.3 Å². The van der Waals surface area contributed by atoms with E-state index in [9.17, 15) is 0 Å². The highest BCUT2D eigenvalue weighted by atomic mass is 79.9. The third-order valence-electron chi connectivity index (χ3n) is 3.22. The molecule has 1 aromatic heterocycles. The summed E-state index contributed by atoms with van der Waals surface area (Å²) in [4.78, 5) is 8.97. The lowest BCUT2D eigenvalue weighted by molar-refractivity contribution is 0.929. The number of rotatable bonds is 4. The van der Waals surface area contributed by atoms with Gasteiger partial charge in [-0.05, 0) is 53.4 Å². The zero-order chi connectivity index (χ0) is 14.1. The highest BCUT2D eigenvalue weighted by molar-refractivity contribution is 9.10. The molecule has 20 heavy (non-hydrogen) atoms. The standard InChI is InChI=1S/C14H16BrN5/c1-8-2-5-10(15)11(6-8)17-12-7-13(20-16)19-14(18-12)9-3-4-9/h2,5-7,9H,3-4,16H2,1H3,(H2,17,18,19,20). The summed E-state index contributed by atoms with van der Waals surface area (Å²) < 4.78 is 0.997. The van der Waals surface area contributed by atoms with Crippen molar-refractivity contribution in [2.24, 2.45) is 5.84 Å². The van der Waals surface area contributed by atoms with Crippen LogP contribution in [0.25, 0.3) is 0 Å². The number of hydrogen-bond acceptors (Lipinski definition) is 5. The van der Waals surface area contributed by atoms with E-state index in [1.54, 1.807) is 6.07 Å². The summed E-state index contributed by atoms with van der Waals surface area (Å²) >= 11 is 3.54.